The third kappa shape index (κ3) is 2.73. The summed E-state index contributed by atoms with van der Waals surface area (Å²) in [6.45, 7) is 6.30. The lowest BCUT2D eigenvalue weighted by molar-refractivity contribution is 0.102. The van der Waals surface area contributed by atoms with Gasteiger partial charge >= 0.3 is 0 Å². The molecule has 2 aromatic carbocycles. The zero-order valence-electron chi connectivity index (χ0n) is 15.5. The third-order valence-corrected chi connectivity index (χ3v) is 5.20. The number of aliphatic hydroxyl groups is 1. The van der Waals surface area contributed by atoms with E-state index < -0.39 is 11.2 Å². The number of carbonyl (C=O) groups excluding carboxylic acids is 1. The SMILES string of the molecule is C[C@H](CO)COc1ccc2c(c1)C(C)(C)c1oc3ccc(F)cc3c1C2=O. The fourth-order valence-corrected chi connectivity index (χ4v) is 3.61. The van der Waals surface area contributed by atoms with Crippen molar-refractivity contribution < 1.29 is 23.4 Å². The van der Waals surface area contributed by atoms with Gasteiger partial charge in [0.05, 0.1) is 12.2 Å². The minimum absolute atomic E-state index is 0.0209. The molecular weight excluding hydrogens is 347 g/mol. The molecule has 0 bridgehead atoms. The molecule has 140 valence electrons. The second-order valence-corrected chi connectivity index (χ2v) is 7.71. The molecule has 1 aromatic heterocycles. The third-order valence-electron chi connectivity index (χ3n) is 5.20. The number of halogens is 1. The Bertz CT molecular complexity index is 1050. The van der Waals surface area contributed by atoms with Crippen LogP contribution in [0.5, 0.6) is 5.75 Å². The Labute approximate surface area is 156 Å². The summed E-state index contributed by atoms with van der Waals surface area (Å²) in [5, 5.41) is 9.66. The number of fused-ring (bicyclic) bond motifs is 4. The number of ether oxygens (including phenoxy) is 1. The van der Waals surface area contributed by atoms with Crippen molar-refractivity contribution in [2.75, 3.05) is 13.2 Å². The van der Waals surface area contributed by atoms with Crippen LogP contribution >= 0.6 is 0 Å². The molecule has 27 heavy (non-hydrogen) atoms. The van der Waals surface area contributed by atoms with Gasteiger partial charge in [0.15, 0.2) is 5.78 Å². The van der Waals surface area contributed by atoms with Gasteiger partial charge in [-0.25, -0.2) is 4.39 Å². The van der Waals surface area contributed by atoms with Crippen LogP contribution < -0.4 is 4.74 Å². The number of hydrogen-bond acceptors (Lipinski definition) is 4. The Morgan fingerprint density at radius 1 is 1.22 bits per heavy atom. The topological polar surface area (TPSA) is 59.7 Å². The van der Waals surface area contributed by atoms with Crippen LogP contribution in [0.1, 0.15) is 48.0 Å². The molecule has 0 fully saturated rings. The van der Waals surface area contributed by atoms with Gasteiger partial charge in [-0.2, -0.15) is 0 Å². The van der Waals surface area contributed by atoms with Crippen LogP contribution in [0.4, 0.5) is 4.39 Å². The van der Waals surface area contributed by atoms with Crippen molar-refractivity contribution in [2.45, 2.75) is 26.2 Å². The Balaban J connectivity index is 1.83. The van der Waals surface area contributed by atoms with E-state index in [1.165, 1.54) is 12.1 Å². The van der Waals surface area contributed by atoms with Gasteiger partial charge in [0, 0.05) is 28.9 Å². The molecule has 4 rings (SSSR count). The number of ketones is 1. The molecule has 1 aliphatic rings. The quantitative estimate of drug-likeness (QED) is 0.739. The zero-order chi connectivity index (χ0) is 19.3. The van der Waals surface area contributed by atoms with Gasteiger partial charge in [-0.15, -0.1) is 0 Å². The first-order chi connectivity index (χ1) is 12.8. The highest BCUT2D eigenvalue weighted by molar-refractivity contribution is 6.19. The summed E-state index contributed by atoms with van der Waals surface area (Å²) in [7, 11) is 0. The van der Waals surface area contributed by atoms with Crippen molar-refractivity contribution in [3.8, 4) is 5.75 Å². The molecule has 4 nitrogen and oxygen atoms in total. The van der Waals surface area contributed by atoms with Crippen molar-refractivity contribution in [3.05, 3.63) is 64.7 Å². The maximum atomic E-state index is 13.7. The normalized spacial score (nSPS) is 16.1. The second-order valence-electron chi connectivity index (χ2n) is 7.71. The molecule has 0 aliphatic heterocycles. The first-order valence-corrected chi connectivity index (χ1v) is 8.98. The number of hydrogen-bond donors (Lipinski definition) is 1. The summed E-state index contributed by atoms with van der Waals surface area (Å²) in [5.74, 6) is 0.637. The summed E-state index contributed by atoms with van der Waals surface area (Å²) in [4.78, 5) is 13.1. The molecule has 0 unspecified atom stereocenters. The molecule has 0 spiro atoms. The summed E-state index contributed by atoms with van der Waals surface area (Å²) >= 11 is 0. The molecule has 0 saturated heterocycles. The number of benzene rings is 2. The van der Waals surface area contributed by atoms with Crippen LogP contribution in [0.25, 0.3) is 11.0 Å². The average Bonchev–Trinajstić information content (AvgIpc) is 3.04. The number of aliphatic hydroxyl groups excluding tert-OH is 1. The standard InChI is InChI=1S/C22H21FO4/c1-12(10-24)11-26-14-5-6-15-17(9-14)22(2,3)21-19(20(15)25)16-8-13(23)4-7-18(16)27-21/h4-9,12,24H,10-11H2,1-3H3/t12-/m1/s1. The van der Waals surface area contributed by atoms with Crippen molar-refractivity contribution in [2.24, 2.45) is 5.92 Å². The predicted octanol–water partition coefficient (Wildman–Crippen LogP) is 4.45. The van der Waals surface area contributed by atoms with Crippen molar-refractivity contribution >= 4 is 16.8 Å². The van der Waals surface area contributed by atoms with Crippen molar-refractivity contribution in [1.29, 1.82) is 0 Å². The van der Waals surface area contributed by atoms with E-state index in [0.29, 0.717) is 40.2 Å². The number of furan rings is 1. The van der Waals surface area contributed by atoms with Gasteiger partial charge < -0.3 is 14.3 Å². The van der Waals surface area contributed by atoms with Gasteiger partial charge in [-0.3, -0.25) is 4.79 Å². The van der Waals surface area contributed by atoms with Gasteiger partial charge in [-0.05, 0) is 55.8 Å². The fourth-order valence-electron chi connectivity index (χ4n) is 3.61. The highest BCUT2D eigenvalue weighted by atomic mass is 19.1. The molecule has 1 aliphatic carbocycles. The molecule has 5 heteroatoms. The Morgan fingerprint density at radius 3 is 2.74 bits per heavy atom. The Morgan fingerprint density at radius 2 is 2.00 bits per heavy atom. The predicted molar refractivity (Wildman–Crippen MR) is 99.9 cm³/mol. The molecule has 0 amide bonds. The van der Waals surface area contributed by atoms with Crippen LogP contribution in [-0.4, -0.2) is 24.1 Å². The number of rotatable bonds is 4. The van der Waals surface area contributed by atoms with E-state index in [0.717, 1.165) is 5.56 Å². The van der Waals surface area contributed by atoms with E-state index in [1.807, 2.05) is 26.8 Å². The van der Waals surface area contributed by atoms with Crippen molar-refractivity contribution in [3.63, 3.8) is 0 Å². The zero-order valence-corrected chi connectivity index (χ0v) is 15.5. The van der Waals surface area contributed by atoms with Crippen LogP contribution in [0.3, 0.4) is 0 Å². The Kier molecular flexibility index (Phi) is 4.07. The smallest absolute Gasteiger partial charge is 0.197 e. The van der Waals surface area contributed by atoms with Crippen LogP contribution in [0, 0.1) is 11.7 Å². The van der Waals surface area contributed by atoms with Gasteiger partial charge in [-0.1, -0.05) is 6.92 Å². The van der Waals surface area contributed by atoms with Gasteiger partial charge in [0.2, 0.25) is 0 Å². The monoisotopic (exact) mass is 368 g/mol. The summed E-state index contributed by atoms with van der Waals surface area (Å²) in [6, 6.07) is 9.60. The molecule has 1 N–H and O–H groups in total. The van der Waals surface area contributed by atoms with Crippen LogP contribution in [0.2, 0.25) is 0 Å². The molecular formula is C22H21FO4. The van der Waals surface area contributed by atoms with Crippen LogP contribution in [-0.2, 0) is 5.41 Å². The Hall–Kier alpha value is -2.66. The maximum absolute atomic E-state index is 13.7. The summed E-state index contributed by atoms with van der Waals surface area (Å²) < 4.78 is 25.5. The molecule has 1 atom stereocenters. The highest BCUT2D eigenvalue weighted by Crippen LogP contribution is 2.46. The largest absolute Gasteiger partial charge is 0.493 e. The molecule has 1 heterocycles. The minimum Gasteiger partial charge on any atom is -0.493 e. The van der Waals surface area contributed by atoms with E-state index in [1.54, 1.807) is 18.2 Å². The van der Waals surface area contributed by atoms with Crippen molar-refractivity contribution in [1.82, 2.24) is 0 Å². The van der Waals surface area contributed by atoms with Crippen LogP contribution in [0.15, 0.2) is 40.8 Å². The van der Waals surface area contributed by atoms with E-state index >= 15 is 0 Å². The van der Waals surface area contributed by atoms with E-state index in [9.17, 15) is 9.18 Å². The van der Waals surface area contributed by atoms with Gasteiger partial charge in [0.1, 0.15) is 22.9 Å². The lowest BCUT2D eigenvalue weighted by Gasteiger charge is -2.31. The van der Waals surface area contributed by atoms with Gasteiger partial charge in [0.25, 0.3) is 0 Å². The summed E-state index contributed by atoms with van der Waals surface area (Å²) in [6.07, 6.45) is 0. The maximum Gasteiger partial charge on any atom is 0.197 e. The average molecular weight is 368 g/mol. The van der Waals surface area contributed by atoms with E-state index in [4.69, 9.17) is 14.3 Å². The molecule has 0 radical (unpaired) electrons. The first-order valence-electron chi connectivity index (χ1n) is 8.98. The lowest BCUT2D eigenvalue weighted by atomic mass is 9.71. The first kappa shape index (κ1) is 17.7. The second kappa shape index (κ2) is 6.20. The van der Waals surface area contributed by atoms with E-state index in [-0.39, 0.29) is 18.3 Å². The lowest BCUT2D eigenvalue weighted by Crippen LogP contribution is -2.29. The molecule has 3 aromatic rings. The summed E-state index contributed by atoms with van der Waals surface area (Å²) in [5.41, 5.74) is 1.75. The highest BCUT2D eigenvalue weighted by Gasteiger charge is 2.41. The fraction of sp³-hybridized carbons (Fsp3) is 0.318. The minimum atomic E-state index is -0.573. The molecule has 0 saturated carbocycles. The number of carbonyl (C=O) groups is 1. The van der Waals surface area contributed by atoms with E-state index in [2.05, 4.69) is 0 Å².